The van der Waals surface area contributed by atoms with Crippen LogP contribution in [0.2, 0.25) is 0 Å². The summed E-state index contributed by atoms with van der Waals surface area (Å²) in [4.78, 5) is 6.14. The summed E-state index contributed by atoms with van der Waals surface area (Å²) in [5.41, 5.74) is 0.646. The van der Waals surface area contributed by atoms with Crippen LogP contribution in [-0.2, 0) is 0 Å². The molecule has 2 rings (SSSR count). The maximum absolute atomic E-state index is 13.4. The molecule has 0 aromatic carbocycles. The minimum atomic E-state index is -0.592. The van der Waals surface area contributed by atoms with Crippen LogP contribution < -0.4 is 4.90 Å². The zero-order valence-electron chi connectivity index (χ0n) is 10.4. The minimum Gasteiger partial charge on any atom is -0.390 e. The highest BCUT2D eigenvalue weighted by molar-refractivity contribution is 5.45. The van der Waals surface area contributed by atoms with Crippen LogP contribution in [0.15, 0.2) is 12.3 Å². The lowest BCUT2D eigenvalue weighted by Gasteiger charge is -2.24. The van der Waals surface area contributed by atoms with E-state index >= 15 is 0 Å². The highest BCUT2D eigenvalue weighted by atomic mass is 19.1. The Morgan fingerprint density at radius 1 is 1.41 bits per heavy atom. The molecule has 4 heteroatoms. The van der Waals surface area contributed by atoms with Crippen molar-refractivity contribution in [1.82, 2.24) is 4.98 Å². The van der Waals surface area contributed by atoms with Gasteiger partial charge in [-0.05, 0) is 33.1 Å². The molecule has 1 unspecified atom stereocenters. The Hall–Kier alpha value is -1.16. The fourth-order valence-electron chi connectivity index (χ4n) is 2.19. The highest BCUT2D eigenvalue weighted by Gasteiger charge is 2.25. The average Bonchev–Trinajstić information content (AvgIpc) is 2.44. The van der Waals surface area contributed by atoms with E-state index in [0.717, 1.165) is 31.6 Å². The van der Waals surface area contributed by atoms with Gasteiger partial charge in [-0.25, -0.2) is 4.39 Å². The van der Waals surface area contributed by atoms with Crippen molar-refractivity contribution in [2.45, 2.75) is 38.7 Å². The third-order valence-corrected chi connectivity index (χ3v) is 3.44. The van der Waals surface area contributed by atoms with Crippen LogP contribution in [-0.4, -0.2) is 28.8 Å². The van der Waals surface area contributed by atoms with Gasteiger partial charge in [0.05, 0.1) is 23.2 Å². The molecule has 0 bridgehead atoms. The van der Waals surface area contributed by atoms with Gasteiger partial charge in [-0.15, -0.1) is 0 Å². The third-order valence-electron chi connectivity index (χ3n) is 3.44. The van der Waals surface area contributed by atoms with Crippen molar-refractivity contribution in [3.63, 3.8) is 0 Å². The molecule has 1 aliphatic rings. The van der Waals surface area contributed by atoms with Gasteiger partial charge >= 0.3 is 0 Å². The van der Waals surface area contributed by atoms with Crippen molar-refractivity contribution in [3.05, 3.63) is 23.8 Å². The summed E-state index contributed by atoms with van der Waals surface area (Å²) < 4.78 is 13.4. The second-order valence-corrected chi connectivity index (χ2v) is 5.10. The Balaban J connectivity index is 2.14. The molecule has 0 aliphatic carbocycles. The molecule has 0 spiro atoms. The summed E-state index contributed by atoms with van der Waals surface area (Å²) in [5.74, 6) is -0.265. The summed E-state index contributed by atoms with van der Waals surface area (Å²) >= 11 is 0. The van der Waals surface area contributed by atoms with Gasteiger partial charge in [0.15, 0.2) is 0 Å². The molecule has 1 fully saturated rings. The number of halogens is 1. The van der Waals surface area contributed by atoms with Crippen LogP contribution in [0.25, 0.3) is 0 Å². The van der Waals surface area contributed by atoms with Crippen LogP contribution >= 0.6 is 0 Å². The topological polar surface area (TPSA) is 36.4 Å². The van der Waals surface area contributed by atoms with E-state index in [4.69, 9.17) is 0 Å². The molecule has 0 amide bonds. The number of aliphatic hydroxyl groups is 1. The van der Waals surface area contributed by atoms with Gasteiger partial charge in [0.25, 0.3) is 0 Å². The normalized spacial score (nSPS) is 25.8. The van der Waals surface area contributed by atoms with Gasteiger partial charge < -0.3 is 10.0 Å². The number of aromatic nitrogens is 1. The molecule has 1 aromatic heterocycles. The SMILES string of the molecule is Cc1ncc(N2CCCC(C)(O)CC2)cc1F. The number of nitrogens with zero attached hydrogens (tertiary/aromatic N) is 2. The van der Waals surface area contributed by atoms with Crippen molar-refractivity contribution >= 4 is 5.69 Å². The standard InChI is InChI=1S/C13H19FN2O/c1-10-12(14)8-11(9-15-10)16-6-3-4-13(2,17)5-7-16/h8-9,17H,3-7H2,1-2H3. The molecular weight excluding hydrogens is 219 g/mol. The van der Waals surface area contributed by atoms with Gasteiger partial charge in [0, 0.05) is 19.2 Å². The van der Waals surface area contributed by atoms with Crippen molar-refractivity contribution < 1.29 is 9.50 Å². The molecular formula is C13H19FN2O. The molecule has 1 aliphatic heterocycles. The van der Waals surface area contributed by atoms with E-state index in [9.17, 15) is 9.50 Å². The van der Waals surface area contributed by atoms with Crippen molar-refractivity contribution in [1.29, 1.82) is 0 Å². The molecule has 1 atom stereocenters. The van der Waals surface area contributed by atoms with Crippen molar-refractivity contribution in [2.24, 2.45) is 0 Å². The monoisotopic (exact) mass is 238 g/mol. The second kappa shape index (κ2) is 4.61. The molecule has 0 radical (unpaired) electrons. The number of hydrogen-bond acceptors (Lipinski definition) is 3. The number of aryl methyl sites for hydroxylation is 1. The van der Waals surface area contributed by atoms with E-state index in [2.05, 4.69) is 9.88 Å². The summed E-state index contributed by atoms with van der Waals surface area (Å²) in [6.45, 7) is 5.12. The first-order valence-corrected chi connectivity index (χ1v) is 6.07. The van der Waals surface area contributed by atoms with Crippen LogP contribution in [0.4, 0.5) is 10.1 Å². The van der Waals surface area contributed by atoms with Gasteiger partial charge in [-0.1, -0.05) is 0 Å². The first-order valence-electron chi connectivity index (χ1n) is 6.07. The summed E-state index contributed by atoms with van der Waals surface area (Å²) in [5, 5.41) is 10.0. The summed E-state index contributed by atoms with van der Waals surface area (Å²) in [6.07, 6.45) is 4.13. The average molecular weight is 238 g/mol. The van der Waals surface area contributed by atoms with Crippen LogP contribution in [0.5, 0.6) is 0 Å². The largest absolute Gasteiger partial charge is 0.390 e. The fourth-order valence-corrected chi connectivity index (χ4v) is 2.19. The smallest absolute Gasteiger partial charge is 0.146 e. The Kier molecular flexibility index (Phi) is 3.33. The Labute approximate surface area is 101 Å². The van der Waals surface area contributed by atoms with E-state index in [1.54, 1.807) is 13.1 Å². The van der Waals surface area contributed by atoms with Crippen LogP contribution in [0, 0.1) is 12.7 Å². The van der Waals surface area contributed by atoms with E-state index in [1.807, 2.05) is 6.92 Å². The lowest BCUT2D eigenvalue weighted by atomic mass is 9.98. The Bertz CT molecular complexity index is 406. The Morgan fingerprint density at radius 3 is 2.88 bits per heavy atom. The van der Waals surface area contributed by atoms with Gasteiger partial charge in [-0.3, -0.25) is 4.98 Å². The molecule has 1 saturated heterocycles. The van der Waals surface area contributed by atoms with Crippen molar-refractivity contribution in [3.8, 4) is 0 Å². The van der Waals surface area contributed by atoms with E-state index < -0.39 is 5.60 Å². The molecule has 0 saturated carbocycles. The minimum absolute atomic E-state index is 0.265. The lowest BCUT2D eigenvalue weighted by Crippen LogP contribution is -2.28. The van der Waals surface area contributed by atoms with Gasteiger partial charge in [0.2, 0.25) is 0 Å². The first kappa shape index (κ1) is 12.3. The van der Waals surface area contributed by atoms with Crippen LogP contribution in [0.1, 0.15) is 31.9 Å². The van der Waals surface area contributed by atoms with E-state index in [-0.39, 0.29) is 5.82 Å². The zero-order chi connectivity index (χ0) is 12.5. The zero-order valence-corrected chi connectivity index (χ0v) is 10.4. The molecule has 1 N–H and O–H groups in total. The lowest BCUT2D eigenvalue weighted by molar-refractivity contribution is 0.0481. The van der Waals surface area contributed by atoms with Gasteiger partial charge in [-0.2, -0.15) is 0 Å². The summed E-state index contributed by atoms with van der Waals surface area (Å²) in [7, 11) is 0. The molecule has 94 valence electrons. The van der Waals surface area contributed by atoms with Gasteiger partial charge in [0.1, 0.15) is 5.82 Å². The predicted octanol–water partition coefficient (Wildman–Crippen LogP) is 2.27. The Morgan fingerprint density at radius 2 is 2.18 bits per heavy atom. The van der Waals surface area contributed by atoms with E-state index in [0.29, 0.717) is 12.1 Å². The maximum atomic E-state index is 13.4. The highest BCUT2D eigenvalue weighted by Crippen LogP contribution is 2.25. The first-order chi connectivity index (χ1) is 7.98. The number of anilines is 1. The third kappa shape index (κ3) is 2.94. The number of rotatable bonds is 1. The quantitative estimate of drug-likeness (QED) is 0.815. The summed E-state index contributed by atoms with van der Waals surface area (Å²) in [6, 6.07) is 1.53. The second-order valence-electron chi connectivity index (χ2n) is 5.10. The maximum Gasteiger partial charge on any atom is 0.146 e. The fraction of sp³-hybridized carbons (Fsp3) is 0.615. The molecule has 3 nitrogen and oxygen atoms in total. The molecule has 2 heterocycles. The number of pyridine rings is 1. The molecule has 17 heavy (non-hydrogen) atoms. The van der Waals surface area contributed by atoms with E-state index in [1.165, 1.54) is 6.07 Å². The van der Waals surface area contributed by atoms with Crippen LogP contribution in [0.3, 0.4) is 0 Å². The number of hydrogen-bond donors (Lipinski definition) is 1. The van der Waals surface area contributed by atoms with Crippen molar-refractivity contribution in [2.75, 3.05) is 18.0 Å². The molecule has 1 aromatic rings. The predicted molar refractivity (Wildman–Crippen MR) is 65.6 cm³/mol.